The van der Waals surface area contributed by atoms with Crippen molar-refractivity contribution in [1.29, 1.82) is 0 Å². The minimum absolute atomic E-state index is 0.00363. The highest BCUT2D eigenvalue weighted by Crippen LogP contribution is 2.34. The van der Waals surface area contributed by atoms with Gasteiger partial charge in [0, 0.05) is 18.3 Å². The van der Waals surface area contributed by atoms with Crippen LogP contribution in [0.25, 0.3) is 0 Å². The topological polar surface area (TPSA) is 86.0 Å². The van der Waals surface area contributed by atoms with E-state index in [-0.39, 0.29) is 18.3 Å². The Bertz CT molecular complexity index is 595. The standard InChI is InChI=1S/C12H11N3O4/c16-15(17)9-2-1-5-13-12(9)14-8-3-4-10-11(6-8)19-7-18-10/h2-4,6H,1,5,7H2,(H,13,14). The lowest BCUT2D eigenvalue weighted by atomic mass is 10.2. The van der Waals surface area contributed by atoms with E-state index in [2.05, 4.69) is 10.3 Å². The fraction of sp³-hybridized carbons (Fsp3) is 0.250. The highest BCUT2D eigenvalue weighted by atomic mass is 16.7. The number of benzene rings is 1. The van der Waals surface area contributed by atoms with Gasteiger partial charge in [0.2, 0.25) is 12.6 Å². The molecule has 2 heterocycles. The molecule has 0 atom stereocenters. The van der Waals surface area contributed by atoms with Crippen LogP contribution >= 0.6 is 0 Å². The number of ether oxygens (including phenoxy) is 2. The molecule has 3 rings (SSSR count). The third-order valence-corrected chi connectivity index (χ3v) is 2.81. The monoisotopic (exact) mass is 261 g/mol. The predicted molar refractivity (Wildman–Crippen MR) is 68.2 cm³/mol. The lowest BCUT2D eigenvalue weighted by Gasteiger charge is -2.11. The zero-order chi connectivity index (χ0) is 13.2. The highest BCUT2D eigenvalue weighted by Gasteiger charge is 2.22. The minimum Gasteiger partial charge on any atom is -0.454 e. The Morgan fingerprint density at radius 3 is 3.00 bits per heavy atom. The van der Waals surface area contributed by atoms with Crippen LogP contribution in [0.4, 0.5) is 5.69 Å². The Balaban J connectivity index is 1.83. The molecule has 0 amide bonds. The molecule has 0 unspecified atom stereocenters. The molecular formula is C12H11N3O4. The van der Waals surface area contributed by atoms with Gasteiger partial charge in [-0.3, -0.25) is 15.1 Å². The zero-order valence-electron chi connectivity index (χ0n) is 9.96. The van der Waals surface area contributed by atoms with Gasteiger partial charge in [0.1, 0.15) is 0 Å². The van der Waals surface area contributed by atoms with Crippen molar-refractivity contribution in [3.05, 3.63) is 40.1 Å². The molecule has 0 saturated carbocycles. The number of hydrogen-bond donors (Lipinski definition) is 1. The Kier molecular flexibility index (Phi) is 2.79. The van der Waals surface area contributed by atoms with E-state index in [1.54, 1.807) is 24.3 Å². The van der Waals surface area contributed by atoms with Crippen LogP contribution in [-0.2, 0) is 0 Å². The van der Waals surface area contributed by atoms with Crippen molar-refractivity contribution in [2.24, 2.45) is 4.99 Å². The van der Waals surface area contributed by atoms with Crippen molar-refractivity contribution in [2.75, 3.05) is 18.7 Å². The lowest BCUT2D eigenvalue weighted by molar-refractivity contribution is -0.415. The van der Waals surface area contributed by atoms with Crippen LogP contribution in [0.2, 0.25) is 0 Å². The number of amidine groups is 1. The number of nitrogens with one attached hydrogen (secondary N) is 1. The molecule has 7 nitrogen and oxygen atoms in total. The summed E-state index contributed by atoms with van der Waals surface area (Å²) in [6.07, 6.45) is 2.16. The second-order valence-electron chi connectivity index (χ2n) is 4.06. The zero-order valence-corrected chi connectivity index (χ0v) is 9.96. The van der Waals surface area contributed by atoms with Crippen LogP contribution in [0.3, 0.4) is 0 Å². The summed E-state index contributed by atoms with van der Waals surface area (Å²) in [5.74, 6) is 1.56. The Hall–Kier alpha value is -2.57. The number of anilines is 1. The van der Waals surface area contributed by atoms with Crippen molar-refractivity contribution < 1.29 is 14.4 Å². The van der Waals surface area contributed by atoms with Crippen LogP contribution in [0.15, 0.2) is 35.0 Å². The Morgan fingerprint density at radius 1 is 1.32 bits per heavy atom. The summed E-state index contributed by atoms with van der Waals surface area (Å²) in [4.78, 5) is 14.6. The number of nitrogens with zero attached hydrogens (tertiary/aromatic N) is 2. The second-order valence-corrected chi connectivity index (χ2v) is 4.06. The normalized spacial score (nSPS) is 16.6. The average molecular weight is 261 g/mol. The summed E-state index contributed by atoms with van der Waals surface area (Å²) in [6.45, 7) is 0.740. The molecule has 0 saturated heterocycles. The summed E-state index contributed by atoms with van der Waals surface area (Å²) in [7, 11) is 0. The van der Waals surface area contributed by atoms with E-state index in [0.717, 1.165) is 0 Å². The van der Waals surface area contributed by atoms with Gasteiger partial charge in [0.25, 0.3) is 0 Å². The van der Waals surface area contributed by atoms with Crippen molar-refractivity contribution in [2.45, 2.75) is 6.42 Å². The third kappa shape index (κ3) is 2.22. The van der Waals surface area contributed by atoms with Gasteiger partial charge in [-0.25, -0.2) is 0 Å². The van der Waals surface area contributed by atoms with Gasteiger partial charge in [0.05, 0.1) is 4.92 Å². The minimum atomic E-state index is -0.433. The first-order valence-electron chi connectivity index (χ1n) is 5.80. The number of fused-ring (bicyclic) bond motifs is 1. The molecule has 0 spiro atoms. The van der Waals surface area contributed by atoms with Gasteiger partial charge in [-0.05, 0) is 24.6 Å². The molecule has 0 radical (unpaired) electrons. The maximum Gasteiger partial charge on any atom is 0.307 e. The first-order valence-corrected chi connectivity index (χ1v) is 5.80. The lowest BCUT2D eigenvalue weighted by Crippen LogP contribution is -2.23. The fourth-order valence-corrected chi connectivity index (χ4v) is 1.93. The fourth-order valence-electron chi connectivity index (χ4n) is 1.93. The molecule has 0 bridgehead atoms. The summed E-state index contributed by atoms with van der Waals surface area (Å²) < 4.78 is 10.5. The molecule has 1 aromatic rings. The largest absolute Gasteiger partial charge is 0.454 e. The number of dihydropyridines is 1. The van der Waals surface area contributed by atoms with Gasteiger partial charge >= 0.3 is 5.70 Å². The molecule has 7 heteroatoms. The van der Waals surface area contributed by atoms with Crippen LogP contribution in [0, 0.1) is 10.1 Å². The second kappa shape index (κ2) is 4.60. The molecule has 2 aliphatic rings. The molecule has 0 aromatic heterocycles. The van der Waals surface area contributed by atoms with Crippen LogP contribution in [-0.4, -0.2) is 24.1 Å². The van der Waals surface area contributed by atoms with E-state index in [9.17, 15) is 10.1 Å². The van der Waals surface area contributed by atoms with Crippen molar-refractivity contribution >= 4 is 11.5 Å². The van der Waals surface area contributed by atoms with E-state index in [4.69, 9.17) is 9.47 Å². The van der Waals surface area contributed by atoms with Crippen molar-refractivity contribution in [3.63, 3.8) is 0 Å². The molecule has 1 N–H and O–H groups in total. The van der Waals surface area contributed by atoms with Gasteiger partial charge in [-0.1, -0.05) is 0 Å². The quantitative estimate of drug-likeness (QED) is 0.648. The van der Waals surface area contributed by atoms with Gasteiger partial charge in [0.15, 0.2) is 11.5 Å². The van der Waals surface area contributed by atoms with E-state index in [0.29, 0.717) is 30.2 Å². The highest BCUT2D eigenvalue weighted by molar-refractivity contribution is 6.06. The molecule has 98 valence electrons. The molecule has 0 fully saturated rings. The number of aliphatic imine (C=N–C) groups is 1. The van der Waals surface area contributed by atoms with E-state index in [1.807, 2.05) is 0 Å². The number of hydrogen-bond acceptors (Lipinski definition) is 6. The van der Waals surface area contributed by atoms with Crippen LogP contribution in [0.1, 0.15) is 6.42 Å². The maximum atomic E-state index is 10.9. The summed E-state index contributed by atoms with van der Waals surface area (Å²) in [5, 5.41) is 13.9. The predicted octanol–water partition coefficient (Wildman–Crippen LogP) is 1.79. The van der Waals surface area contributed by atoms with Crippen LogP contribution < -0.4 is 14.8 Å². The molecule has 0 aliphatic carbocycles. The molecule has 19 heavy (non-hydrogen) atoms. The Morgan fingerprint density at radius 2 is 2.16 bits per heavy atom. The van der Waals surface area contributed by atoms with Crippen molar-refractivity contribution in [3.8, 4) is 11.5 Å². The molecule has 1 aromatic carbocycles. The van der Waals surface area contributed by atoms with Crippen LogP contribution in [0.5, 0.6) is 11.5 Å². The van der Waals surface area contributed by atoms with E-state index >= 15 is 0 Å². The first-order chi connectivity index (χ1) is 9.24. The molecular weight excluding hydrogens is 250 g/mol. The Labute approximate surface area is 108 Å². The third-order valence-electron chi connectivity index (χ3n) is 2.81. The summed E-state index contributed by atoms with van der Waals surface area (Å²) in [6, 6.07) is 5.25. The SMILES string of the molecule is O=[N+]([O-])C1=CCCN=C1Nc1ccc2c(c1)OCO2. The van der Waals surface area contributed by atoms with Gasteiger partial charge in [-0.2, -0.15) is 0 Å². The van der Waals surface area contributed by atoms with Crippen molar-refractivity contribution in [1.82, 2.24) is 0 Å². The van der Waals surface area contributed by atoms with E-state index in [1.165, 1.54) is 0 Å². The smallest absolute Gasteiger partial charge is 0.307 e. The average Bonchev–Trinajstić information content (AvgIpc) is 2.86. The first kappa shape index (κ1) is 11.5. The number of nitro groups is 1. The van der Waals surface area contributed by atoms with Gasteiger partial charge < -0.3 is 14.8 Å². The van der Waals surface area contributed by atoms with E-state index < -0.39 is 4.92 Å². The maximum absolute atomic E-state index is 10.9. The summed E-state index contributed by atoms with van der Waals surface area (Å²) >= 11 is 0. The molecule has 2 aliphatic heterocycles. The number of rotatable bonds is 2. The summed E-state index contributed by atoms with van der Waals surface area (Å²) in [5.41, 5.74) is 0.682. The van der Waals surface area contributed by atoms with Gasteiger partial charge in [-0.15, -0.1) is 0 Å².